The highest BCUT2D eigenvalue weighted by Crippen LogP contribution is 2.19. The Kier molecular flexibility index (Phi) is 3.03. The summed E-state index contributed by atoms with van der Waals surface area (Å²) in [5.74, 6) is -0.0258. The van der Waals surface area contributed by atoms with Gasteiger partial charge in [0.25, 0.3) is 0 Å². The minimum atomic E-state index is -0.0258. The van der Waals surface area contributed by atoms with Gasteiger partial charge in [0.1, 0.15) is 6.07 Å². The van der Waals surface area contributed by atoms with Crippen LogP contribution in [0.15, 0.2) is 12.1 Å². The number of aryl methyl sites for hydroxylation is 2. The van der Waals surface area contributed by atoms with Crippen LogP contribution in [0.5, 0.6) is 0 Å². The monoisotopic (exact) mass is 187 g/mol. The van der Waals surface area contributed by atoms with E-state index in [4.69, 9.17) is 5.26 Å². The van der Waals surface area contributed by atoms with E-state index >= 15 is 0 Å². The summed E-state index contributed by atoms with van der Waals surface area (Å²) in [7, 11) is 0. The lowest BCUT2D eigenvalue weighted by Crippen LogP contribution is -2.04. The van der Waals surface area contributed by atoms with E-state index in [1.807, 2.05) is 26.0 Å². The molecule has 0 N–H and O–H groups in total. The first kappa shape index (κ1) is 10.5. The summed E-state index contributed by atoms with van der Waals surface area (Å²) in [6.45, 7) is 5.34. The number of carbonyl (C=O) groups excluding carboxylic acids is 1. The molecule has 0 aliphatic heterocycles. The number of benzene rings is 1. The van der Waals surface area contributed by atoms with Crippen molar-refractivity contribution in [2.45, 2.75) is 27.2 Å². The van der Waals surface area contributed by atoms with Crippen molar-refractivity contribution in [2.24, 2.45) is 0 Å². The van der Waals surface area contributed by atoms with E-state index in [1.54, 1.807) is 0 Å². The van der Waals surface area contributed by atoms with Crippen LogP contribution in [-0.4, -0.2) is 5.78 Å². The van der Waals surface area contributed by atoms with E-state index in [9.17, 15) is 4.79 Å². The van der Waals surface area contributed by atoms with Crippen LogP contribution < -0.4 is 0 Å². The summed E-state index contributed by atoms with van der Waals surface area (Å²) in [4.78, 5) is 11.4. The Morgan fingerprint density at radius 1 is 1.50 bits per heavy atom. The normalized spacial score (nSPS) is 9.57. The SMILES string of the molecule is CCc1ccc(C)c(C#N)c1C(C)=O. The van der Waals surface area contributed by atoms with Gasteiger partial charge in [-0.2, -0.15) is 5.26 Å². The predicted molar refractivity (Wildman–Crippen MR) is 55.3 cm³/mol. The minimum Gasteiger partial charge on any atom is -0.294 e. The van der Waals surface area contributed by atoms with Gasteiger partial charge >= 0.3 is 0 Å². The van der Waals surface area contributed by atoms with Gasteiger partial charge in [-0.3, -0.25) is 4.79 Å². The van der Waals surface area contributed by atoms with Crippen molar-refractivity contribution in [3.8, 4) is 6.07 Å². The number of nitriles is 1. The van der Waals surface area contributed by atoms with Crippen LogP contribution in [0.2, 0.25) is 0 Å². The predicted octanol–water partition coefficient (Wildman–Crippen LogP) is 2.63. The largest absolute Gasteiger partial charge is 0.294 e. The second-order valence-electron chi connectivity index (χ2n) is 3.31. The third-order valence-electron chi connectivity index (χ3n) is 2.34. The number of nitrogens with zero attached hydrogens (tertiary/aromatic N) is 1. The zero-order chi connectivity index (χ0) is 10.7. The second-order valence-corrected chi connectivity index (χ2v) is 3.31. The maximum atomic E-state index is 11.4. The molecule has 0 saturated heterocycles. The van der Waals surface area contributed by atoms with E-state index < -0.39 is 0 Å². The van der Waals surface area contributed by atoms with Crippen molar-refractivity contribution >= 4 is 5.78 Å². The summed E-state index contributed by atoms with van der Waals surface area (Å²) in [6, 6.07) is 5.92. The Morgan fingerprint density at radius 3 is 2.57 bits per heavy atom. The molecule has 1 aromatic rings. The lowest BCUT2D eigenvalue weighted by molar-refractivity contribution is 0.101. The molecule has 0 aliphatic carbocycles. The molecule has 0 unspecified atom stereocenters. The number of rotatable bonds is 2. The highest BCUT2D eigenvalue weighted by atomic mass is 16.1. The van der Waals surface area contributed by atoms with E-state index in [2.05, 4.69) is 6.07 Å². The fourth-order valence-electron chi connectivity index (χ4n) is 1.59. The van der Waals surface area contributed by atoms with Crippen LogP contribution in [-0.2, 0) is 6.42 Å². The van der Waals surface area contributed by atoms with Gasteiger partial charge in [0.15, 0.2) is 5.78 Å². The molecule has 2 heteroatoms. The number of carbonyl (C=O) groups is 1. The summed E-state index contributed by atoms with van der Waals surface area (Å²) in [5, 5.41) is 8.97. The molecule has 72 valence electrons. The smallest absolute Gasteiger partial charge is 0.161 e. The van der Waals surface area contributed by atoms with Gasteiger partial charge < -0.3 is 0 Å². The summed E-state index contributed by atoms with van der Waals surface area (Å²) < 4.78 is 0. The zero-order valence-electron chi connectivity index (χ0n) is 8.72. The van der Waals surface area contributed by atoms with Gasteiger partial charge in [0, 0.05) is 5.56 Å². The Bertz CT molecular complexity index is 413. The third kappa shape index (κ3) is 1.67. The van der Waals surface area contributed by atoms with Gasteiger partial charge in [-0.1, -0.05) is 19.1 Å². The standard InChI is InChI=1S/C12H13NO/c1-4-10-6-5-8(2)11(7-13)12(10)9(3)14/h5-6H,4H2,1-3H3. The molecule has 0 spiro atoms. The van der Waals surface area contributed by atoms with Crippen molar-refractivity contribution < 1.29 is 4.79 Å². The van der Waals surface area contributed by atoms with E-state index in [1.165, 1.54) is 6.92 Å². The first-order chi connectivity index (χ1) is 6.61. The van der Waals surface area contributed by atoms with Crippen LogP contribution in [0.3, 0.4) is 0 Å². The molecule has 1 aromatic carbocycles. The van der Waals surface area contributed by atoms with Crippen LogP contribution >= 0.6 is 0 Å². The molecule has 0 atom stereocenters. The first-order valence-electron chi connectivity index (χ1n) is 4.65. The zero-order valence-corrected chi connectivity index (χ0v) is 8.72. The Morgan fingerprint density at radius 2 is 2.14 bits per heavy atom. The van der Waals surface area contributed by atoms with Gasteiger partial charge in [-0.25, -0.2) is 0 Å². The average molecular weight is 187 g/mol. The fraction of sp³-hybridized carbons (Fsp3) is 0.333. The molecule has 0 amide bonds. The summed E-state index contributed by atoms with van der Waals surface area (Å²) in [6.07, 6.45) is 0.782. The quantitative estimate of drug-likeness (QED) is 0.668. The Hall–Kier alpha value is -1.62. The van der Waals surface area contributed by atoms with Crippen LogP contribution in [0.4, 0.5) is 0 Å². The molecule has 0 heterocycles. The summed E-state index contributed by atoms with van der Waals surface area (Å²) in [5.41, 5.74) is 2.95. The van der Waals surface area contributed by atoms with Crippen molar-refractivity contribution in [2.75, 3.05) is 0 Å². The number of hydrogen-bond donors (Lipinski definition) is 0. The third-order valence-corrected chi connectivity index (χ3v) is 2.34. The van der Waals surface area contributed by atoms with Crippen molar-refractivity contribution in [1.29, 1.82) is 5.26 Å². The molecule has 1 rings (SSSR count). The Balaban J connectivity index is 3.54. The van der Waals surface area contributed by atoms with Crippen LogP contribution in [0.25, 0.3) is 0 Å². The number of hydrogen-bond acceptors (Lipinski definition) is 2. The highest BCUT2D eigenvalue weighted by molar-refractivity contribution is 5.98. The lowest BCUT2D eigenvalue weighted by Gasteiger charge is -2.08. The molecular weight excluding hydrogens is 174 g/mol. The minimum absolute atomic E-state index is 0.0258. The molecule has 0 aliphatic rings. The molecule has 14 heavy (non-hydrogen) atoms. The Labute approximate surface area is 84.2 Å². The maximum Gasteiger partial charge on any atom is 0.161 e. The molecular formula is C12H13NO. The van der Waals surface area contributed by atoms with E-state index in [-0.39, 0.29) is 5.78 Å². The number of ketones is 1. The van der Waals surface area contributed by atoms with Crippen molar-refractivity contribution in [1.82, 2.24) is 0 Å². The molecule has 0 radical (unpaired) electrons. The van der Waals surface area contributed by atoms with Crippen molar-refractivity contribution in [3.05, 3.63) is 34.4 Å². The van der Waals surface area contributed by atoms with Crippen LogP contribution in [0.1, 0.15) is 40.9 Å². The second kappa shape index (κ2) is 4.06. The van der Waals surface area contributed by atoms with Crippen molar-refractivity contribution in [3.63, 3.8) is 0 Å². The maximum absolute atomic E-state index is 11.4. The topological polar surface area (TPSA) is 40.9 Å². The van der Waals surface area contributed by atoms with Gasteiger partial charge in [0.05, 0.1) is 5.56 Å². The van der Waals surface area contributed by atoms with Gasteiger partial charge in [0.2, 0.25) is 0 Å². The molecule has 0 saturated carbocycles. The highest BCUT2D eigenvalue weighted by Gasteiger charge is 2.13. The van der Waals surface area contributed by atoms with Gasteiger partial charge in [-0.05, 0) is 31.4 Å². The summed E-state index contributed by atoms with van der Waals surface area (Å²) >= 11 is 0. The van der Waals surface area contributed by atoms with Crippen LogP contribution in [0, 0.1) is 18.3 Å². The lowest BCUT2D eigenvalue weighted by atomic mass is 9.93. The molecule has 0 fully saturated rings. The molecule has 2 nitrogen and oxygen atoms in total. The fourth-order valence-corrected chi connectivity index (χ4v) is 1.59. The molecule has 0 bridgehead atoms. The van der Waals surface area contributed by atoms with E-state index in [0.717, 1.165) is 17.5 Å². The van der Waals surface area contributed by atoms with E-state index in [0.29, 0.717) is 11.1 Å². The number of Topliss-reactive ketones (excluding diaryl/α,β-unsaturated/α-hetero) is 1. The van der Waals surface area contributed by atoms with Gasteiger partial charge in [-0.15, -0.1) is 0 Å². The molecule has 0 aromatic heterocycles. The first-order valence-corrected chi connectivity index (χ1v) is 4.65. The average Bonchev–Trinajstić information content (AvgIpc) is 2.17.